The Morgan fingerprint density at radius 1 is 1.31 bits per heavy atom. The molecule has 0 spiro atoms. The maximum Gasteiger partial charge on any atom is 0.170 e. The van der Waals surface area contributed by atoms with Crippen LogP contribution in [0.3, 0.4) is 0 Å². The van der Waals surface area contributed by atoms with Crippen molar-refractivity contribution in [3.05, 3.63) is 35.7 Å². The van der Waals surface area contributed by atoms with Crippen molar-refractivity contribution in [2.45, 2.75) is 6.54 Å². The van der Waals surface area contributed by atoms with E-state index in [1.54, 1.807) is 7.05 Å². The molecule has 0 saturated carbocycles. The fraction of sp³-hybridized carbons (Fsp3) is 0.222. The average Bonchev–Trinajstić information content (AvgIpc) is 2.67. The Bertz CT molecular complexity index is 476. The number of nitrogens with zero attached hydrogens (tertiary/aromatic N) is 4. The van der Waals surface area contributed by atoms with Crippen molar-refractivity contribution in [3.8, 4) is 5.69 Å². The summed E-state index contributed by atoms with van der Waals surface area (Å²) in [5.41, 5.74) is -0.266. The maximum absolute atomic E-state index is 13.5. The van der Waals surface area contributed by atoms with Crippen molar-refractivity contribution in [3.63, 3.8) is 0 Å². The van der Waals surface area contributed by atoms with E-state index in [4.69, 9.17) is 0 Å². The summed E-state index contributed by atoms with van der Waals surface area (Å²) < 4.78 is 28.0. The molecule has 0 aliphatic heterocycles. The van der Waals surface area contributed by atoms with Gasteiger partial charge in [-0.3, -0.25) is 0 Å². The van der Waals surface area contributed by atoms with Crippen molar-refractivity contribution >= 4 is 0 Å². The number of aromatic nitrogens is 4. The lowest BCUT2D eigenvalue weighted by molar-refractivity contribution is 0.549. The van der Waals surface area contributed by atoms with Gasteiger partial charge in [-0.15, -0.1) is 5.10 Å². The molecule has 0 radical (unpaired) electrons. The van der Waals surface area contributed by atoms with Gasteiger partial charge < -0.3 is 5.32 Å². The van der Waals surface area contributed by atoms with E-state index in [0.717, 1.165) is 16.8 Å². The van der Waals surface area contributed by atoms with Gasteiger partial charge in [-0.25, -0.2) is 8.78 Å². The van der Waals surface area contributed by atoms with E-state index in [0.29, 0.717) is 12.4 Å². The van der Waals surface area contributed by atoms with Crippen molar-refractivity contribution in [2.75, 3.05) is 7.05 Å². The van der Waals surface area contributed by atoms with Gasteiger partial charge in [0.25, 0.3) is 0 Å². The van der Waals surface area contributed by atoms with Crippen LogP contribution in [0.1, 0.15) is 5.82 Å². The largest absolute Gasteiger partial charge is 0.313 e. The van der Waals surface area contributed by atoms with Gasteiger partial charge in [-0.1, -0.05) is 6.07 Å². The number of tetrazole rings is 1. The van der Waals surface area contributed by atoms with E-state index in [1.165, 1.54) is 6.07 Å². The van der Waals surface area contributed by atoms with Gasteiger partial charge >= 0.3 is 0 Å². The quantitative estimate of drug-likeness (QED) is 0.833. The first-order valence-electron chi connectivity index (χ1n) is 4.60. The fourth-order valence-corrected chi connectivity index (χ4v) is 1.34. The van der Waals surface area contributed by atoms with Crippen LogP contribution in [0.5, 0.6) is 0 Å². The number of halogens is 2. The van der Waals surface area contributed by atoms with Crippen LogP contribution < -0.4 is 5.32 Å². The average molecular weight is 225 g/mol. The summed E-state index contributed by atoms with van der Waals surface area (Å²) in [7, 11) is 1.69. The van der Waals surface area contributed by atoms with E-state index in [9.17, 15) is 8.78 Å². The number of nitrogens with one attached hydrogen (secondary N) is 1. The Morgan fingerprint density at radius 3 is 2.62 bits per heavy atom. The number of hydrogen-bond donors (Lipinski definition) is 1. The highest BCUT2D eigenvalue weighted by Crippen LogP contribution is 2.16. The highest BCUT2D eigenvalue weighted by molar-refractivity contribution is 5.34. The van der Waals surface area contributed by atoms with Crippen LogP contribution in [0.4, 0.5) is 8.78 Å². The predicted octanol–water partition coefficient (Wildman–Crippen LogP) is 0.660. The second-order valence-corrected chi connectivity index (χ2v) is 3.11. The Labute approximate surface area is 90.1 Å². The number of benzene rings is 1. The third-order valence-corrected chi connectivity index (χ3v) is 2.02. The first-order valence-corrected chi connectivity index (χ1v) is 4.60. The van der Waals surface area contributed by atoms with E-state index >= 15 is 0 Å². The number of para-hydroxylation sites is 1. The van der Waals surface area contributed by atoms with Gasteiger partial charge in [-0.05, 0) is 29.6 Å². The lowest BCUT2D eigenvalue weighted by Gasteiger charge is -2.06. The Balaban J connectivity index is 2.54. The number of rotatable bonds is 3. The molecule has 0 aliphatic carbocycles. The molecule has 16 heavy (non-hydrogen) atoms. The molecular weight excluding hydrogens is 216 g/mol. The minimum absolute atomic E-state index is 0.266. The van der Waals surface area contributed by atoms with Crippen LogP contribution in [-0.2, 0) is 6.54 Å². The Morgan fingerprint density at radius 2 is 2.00 bits per heavy atom. The van der Waals surface area contributed by atoms with Crippen LogP contribution >= 0.6 is 0 Å². The molecule has 2 aromatic rings. The third-order valence-electron chi connectivity index (χ3n) is 2.02. The topological polar surface area (TPSA) is 55.6 Å². The zero-order valence-electron chi connectivity index (χ0n) is 8.48. The molecule has 1 N–H and O–H groups in total. The smallest absolute Gasteiger partial charge is 0.170 e. The van der Waals surface area contributed by atoms with Gasteiger partial charge in [0.15, 0.2) is 17.5 Å². The first kappa shape index (κ1) is 10.6. The zero-order chi connectivity index (χ0) is 11.5. The first-order chi connectivity index (χ1) is 7.74. The van der Waals surface area contributed by atoms with E-state index < -0.39 is 11.6 Å². The lowest BCUT2D eigenvalue weighted by atomic mass is 10.3. The molecule has 0 atom stereocenters. The normalized spacial score (nSPS) is 10.7. The maximum atomic E-state index is 13.5. The van der Waals surface area contributed by atoms with Crippen LogP contribution in [0.15, 0.2) is 18.2 Å². The molecule has 0 unspecified atom stereocenters. The molecule has 0 aliphatic rings. The molecule has 1 aromatic carbocycles. The minimum atomic E-state index is -0.704. The molecule has 1 aromatic heterocycles. The van der Waals surface area contributed by atoms with Crippen molar-refractivity contribution < 1.29 is 8.78 Å². The Kier molecular flexibility index (Phi) is 2.86. The van der Waals surface area contributed by atoms with E-state index in [-0.39, 0.29) is 5.69 Å². The number of hydrogen-bond acceptors (Lipinski definition) is 4. The molecule has 0 saturated heterocycles. The van der Waals surface area contributed by atoms with E-state index in [1.807, 2.05) is 0 Å². The molecule has 2 rings (SSSR count). The second kappa shape index (κ2) is 4.31. The fourth-order valence-electron chi connectivity index (χ4n) is 1.34. The van der Waals surface area contributed by atoms with Crippen molar-refractivity contribution in [1.29, 1.82) is 0 Å². The third kappa shape index (κ3) is 1.76. The summed E-state index contributed by atoms with van der Waals surface area (Å²) in [5.74, 6) is -1.07. The van der Waals surface area contributed by atoms with E-state index in [2.05, 4.69) is 20.8 Å². The summed E-state index contributed by atoms with van der Waals surface area (Å²) >= 11 is 0. The zero-order valence-corrected chi connectivity index (χ0v) is 8.48. The summed E-state index contributed by atoms with van der Waals surface area (Å²) in [6.45, 7) is 0.320. The monoisotopic (exact) mass is 225 g/mol. The lowest BCUT2D eigenvalue weighted by Crippen LogP contribution is -2.14. The predicted molar refractivity (Wildman–Crippen MR) is 51.8 cm³/mol. The minimum Gasteiger partial charge on any atom is -0.313 e. The summed E-state index contributed by atoms with van der Waals surface area (Å²) in [6.07, 6.45) is 0. The van der Waals surface area contributed by atoms with Gasteiger partial charge in [-0.2, -0.15) is 4.68 Å². The standard InChI is InChI=1S/C9H9F2N5/c1-12-5-8-13-14-15-16(8)9-6(10)3-2-4-7(9)11/h2-4,12H,5H2,1H3. The highest BCUT2D eigenvalue weighted by atomic mass is 19.1. The summed E-state index contributed by atoms with van der Waals surface area (Å²) in [6, 6.07) is 3.60. The Hall–Kier alpha value is -1.89. The summed E-state index contributed by atoms with van der Waals surface area (Å²) in [4.78, 5) is 0. The van der Waals surface area contributed by atoms with Gasteiger partial charge in [0.05, 0.1) is 6.54 Å². The van der Waals surface area contributed by atoms with Crippen LogP contribution in [0.2, 0.25) is 0 Å². The van der Waals surface area contributed by atoms with Crippen molar-refractivity contribution in [1.82, 2.24) is 25.5 Å². The summed E-state index contributed by atoms with van der Waals surface area (Å²) in [5, 5.41) is 13.4. The van der Waals surface area contributed by atoms with Gasteiger partial charge in [0.2, 0.25) is 0 Å². The molecule has 7 heteroatoms. The van der Waals surface area contributed by atoms with Crippen molar-refractivity contribution in [2.24, 2.45) is 0 Å². The molecule has 5 nitrogen and oxygen atoms in total. The molecule has 0 bridgehead atoms. The highest BCUT2D eigenvalue weighted by Gasteiger charge is 2.15. The van der Waals surface area contributed by atoms with Gasteiger partial charge in [0, 0.05) is 0 Å². The van der Waals surface area contributed by atoms with Crippen LogP contribution in [0.25, 0.3) is 5.69 Å². The molecule has 0 fully saturated rings. The van der Waals surface area contributed by atoms with Crippen LogP contribution in [0, 0.1) is 11.6 Å². The second-order valence-electron chi connectivity index (χ2n) is 3.11. The molecular formula is C9H9F2N5. The molecule has 1 heterocycles. The molecule has 84 valence electrons. The van der Waals surface area contributed by atoms with Gasteiger partial charge in [0.1, 0.15) is 5.69 Å². The molecule has 0 amide bonds. The SMILES string of the molecule is CNCc1nnnn1-c1c(F)cccc1F. The van der Waals surface area contributed by atoms with Crippen LogP contribution in [-0.4, -0.2) is 27.3 Å².